The highest BCUT2D eigenvalue weighted by molar-refractivity contribution is 14.1. The normalized spacial score (nSPS) is 10.3. The molecule has 0 heterocycles. The lowest BCUT2D eigenvalue weighted by atomic mass is 10.1. The Hall–Kier alpha value is -0.210. The molecule has 0 saturated heterocycles. The second-order valence-electron chi connectivity index (χ2n) is 2.49. The average Bonchev–Trinajstić information content (AvgIpc) is 2.19. The Kier molecular flexibility index (Phi) is 5.25. The highest BCUT2D eigenvalue weighted by Gasteiger charge is 1.93. The quantitative estimate of drug-likeness (QED) is 0.373. The van der Waals surface area contributed by atoms with Crippen LogP contribution in [0.4, 0.5) is 0 Å². The van der Waals surface area contributed by atoms with Crippen molar-refractivity contribution in [1.29, 1.82) is 0 Å². The number of benzene rings is 1. The minimum atomic E-state index is 0.571. The summed E-state index contributed by atoms with van der Waals surface area (Å²) in [7, 11) is 0. The Morgan fingerprint density at radius 3 is 2.38 bits per heavy atom. The maximum atomic E-state index is 5.46. The van der Waals surface area contributed by atoms with E-state index in [0.29, 0.717) is 13.1 Å². The predicted octanol–water partition coefficient (Wildman–Crippen LogP) is 1.45. The molecule has 72 valence electrons. The van der Waals surface area contributed by atoms with Crippen molar-refractivity contribution in [2.45, 2.75) is 13.1 Å². The summed E-state index contributed by atoms with van der Waals surface area (Å²) in [6.07, 6.45) is 0. The zero-order valence-corrected chi connectivity index (χ0v) is 9.15. The van der Waals surface area contributed by atoms with Crippen LogP contribution in [0.3, 0.4) is 0 Å². The van der Waals surface area contributed by atoms with Gasteiger partial charge in [-0.05, 0) is 11.1 Å². The predicted molar refractivity (Wildman–Crippen MR) is 57.4 cm³/mol. The molecule has 0 radical (unpaired) electrons. The van der Waals surface area contributed by atoms with E-state index in [2.05, 4.69) is 13.7 Å². The molecule has 0 aliphatic rings. The van der Waals surface area contributed by atoms with Crippen molar-refractivity contribution in [3.63, 3.8) is 0 Å². The van der Waals surface area contributed by atoms with Crippen molar-refractivity contribution in [3.8, 4) is 0 Å². The standard InChI is InChI=1S/C8H11IN2O2/c9-12-13-11-6-8-3-1-7(5-10)2-4-8/h1-4,11H,5-6,10H2. The Labute approximate surface area is 91.0 Å². The summed E-state index contributed by atoms with van der Waals surface area (Å²) in [6, 6.07) is 7.96. The maximum absolute atomic E-state index is 5.46. The number of hydroxylamine groups is 1. The van der Waals surface area contributed by atoms with E-state index >= 15 is 0 Å². The molecule has 5 heteroatoms. The van der Waals surface area contributed by atoms with Crippen LogP contribution in [0.1, 0.15) is 11.1 Å². The van der Waals surface area contributed by atoms with Crippen molar-refractivity contribution in [2.75, 3.05) is 0 Å². The van der Waals surface area contributed by atoms with E-state index in [1.54, 1.807) is 23.0 Å². The van der Waals surface area contributed by atoms with Gasteiger partial charge in [0.2, 0.25) is 0 Å². The average molecular weight is 294 g/mol. The van der Waals surface area contributed by atoms with Crippen molar-refractivity contribution < 1.29 is 8.21 Å². The van der Waals surface area contributed by atoms with Gasteiger partial charge in [0.05, 0.1) is 0 Å². The van der Waals surface area contributed by atoms with Crippen LogP contribution in [0, 0.1) is 0 Å². The second-order valence-corrected chi connectivity index (χ2v) is 2.85. The summed E-state index contributed by atoms with van der Waals surface area (Å²) < 4.78 is 4.35. The third kappa shape index (κ3) is 4.01. The molecule has 1 rings (SSSR count). The molecular weight excluding hydrogens is 283 g/mol. The lowest BCUT2D eigenvalue weighted by Gasteiger charge is -2.02. The first-order valence-corrected chi connectivity index (χ1v) is 4.70. The van der Waals surface area contributed by atoms with Crippen LogP contribution >= 0.6 is 23.0 Å². The first-order valence-electron chi connectivity index (χ1n) is 3.82. The molecule has 0 aromatic heterocycles. The summed E-state index contributed by atoms with van der Waals surface area (Å²) in [6.45, 7) is 1.18. The minimum absolute atomic E-state index is 0.571. The summed E-state index contributed by atoms with van der Waals surface area (Å²) in [5.41, 5.74) is 10.3. The topological polar surface area (TPSA) is 56.5 Å². The van der Waals surface area contributed by atoms with Gasteiger partial charge in [-0.3, -0.25) is 0 Å². The molecule has 0 amide bonds. The maximum Gasteiger partial charge on any atom is 0.157 e. The van der Waals surface area contributed by atoms with Gasteiger partial charge in [-0.15, -0.1) is 8.21 Å². The number of nitrogens with two attached hydrogens (primary N) is 1. The molecule has 0 bridgehead atoms. The molecule has 13 heavy (non-hydrogen) atoms. The highest BCUT2D eigenvalue weighted by Crippen LogP contribution is 2.03. The van der Waals surface area contributed by atoms with Crippen LogP contribution in [0.25, 0.3) is 0 Å². The van der Waals surface area contributed by atoms with Gasteiger partial charge < -0.3 is 5.73 Å². The summed E-state index contributed by atoms with van der Waals surface area (Å²) in [5.74, 6) is 0. The highest BCUT2D eigenvalue weighted by atomic mass is 127. The summed E-state index contributed by atoms with van der Waals surface area (Å²) >= 11 is 1.64. The van der Waals surface area contributed by atoms with E-state index in [1.807, 2.05) is 24.3 Å². The SMILES string of the molecule is NCc1ccc(CNOOI)cc1. The molecule has 0 spiro atoms. The van der Waals surface area contributed by atoms with E-state index in [9.17, 15) is 0 Å². The number of nitrogens with one attached hydrogen (secondary N) is 1. The van der Waals surface area contributed by atoms with Gasteiger partial charge in [0.25, 0.3) is 0 Å². The van der Waals surface area contributed by atoms with Crippen LogP contribution in [0.2, 0.25) is 0 Å². The third-order valence-corrected chi connectivity index (χ3v) is 1.81. The van der Waals surface area contributed by atoms with E-state index in [-0.39, 0.29) is 0 Å². The minimum Gasteiger partial charge on any atom is -0.326 e. The molecular formula is C8H11IN2O2. The monoisotopic (exact) mass is 294 g/mol. The van der Waals surface area contributed by atoms with Gasteiger partial charge >= 0.3 is 0 Å². The molecule has 0 aliphatic heterocycles. The van der Waals surface area contributed by atoms with E-state index in [0.717, 1.165) is 11.1 Å². The molecule has 0 atom stereocenters. The Morgan fingerprint density at radius 1 is 1.23 bits per heavy atom. The summed E-state index contributed by atoms with van der Waals surface area (Å²) in [5, 5.41) is 0. The van der Waals surface area contributed by atoms with Crippen molar-refractivity contribution >= 4 is 23.0 Å². The molecule has 0 unspecified atom stereocenters. The van der Waals surface area contributed by atoms with Crippen molar-refractivity contribution in [3.05, 3.63) is 35.4 Å². The fourth-order valence-electron chi connectivity index (χ4n) is 0.928. The molecule has 1 aromatic carbocycles. The number of hydrogen-bond donors (Lipinski definition) is 2. The number of rotatable bonds is 5. The van der Waals surface area contributed by atoms with Gasteiger partial charge in [0.15, 0.2) is 23.0 Å². The van der Waals surface area contributed by atoms with Gasteiger partial charge in [-0.25, -0.2) is 0 Å². The first kappa shape index (κ1) is 10.9. The second kappa shape index (κ2) is 6.28. The smallest absolute Gasteiger partial charge is 0.157 e. The van der Waals surface area contributed by atoms with Crippen molar-refractivity contribution in [1.82, 2.24) is 5.48 Å². The van der Waals surface area contributed by atoms with Crippen molar-refractivity contribution in [2.24, 2.45) is 5.73 Å². The van der Waals surface area contributed by atoms with E-state index in [1.165, 1.54) is 0 Å². The first-order chi connectivity index (χ1) is 6.36. The summed E-state index contributed by atoms with van der Waals surface area (Å²) in [4.78, 5) is 4.51. The van der Waals surface area contributed by atoms with Gasteiger partial charge in [-0.2, -0.15) is 5.48 Å². The Balaban J connectivity index is 2.40. The van der Waals surface area contributed by atoms with Gasteiger partial charge in [-0.1, -0.05) is 24.3 Å². The zero-order chi connectivity index (χ0) is 9.52. The fourth-order valence-corrected chi connectivity index (χ4v) is 1.06. The fraction of sp³-hybridized carbons (Fsp3) is 0.250. The molecule has 0 aliphatic carbocycles. The van der Waals surface area contributed by atoms with Crippen LogP contribution in [0.15, 0.2) is 24.3 Å². The third-order valence-electron chi connectivity index (χ3n) is 1.63. The van der Waals surface area contributed by atoms with E-state index < -0.39 is 0 Å². The molecule has 4 nitrogen and oxygen atoms in total. The van der Waals surface area contributed by atoms with Crippen LogP contribution in [0.5, 0.6) is 0 Å². The molecule has 1 aromatic rings. The van der Waals surface area contributed by atoms with Crippen LogP contribution in [-0.4, -0.2) is 0 Å². The Morgan fingerprint density at radius 2 is 1.85 bits per heavy atom. The largest absolute Gasteiger partial charge is 0.326 e. The molecule has 3 N–H and O–H groups in total. The van der Waals surface area contributed by atoms with E-state index in [4.69, 9.17) is 5.73 Å². The number of halogens is 1. The lowest BCUT2D eigenvalue weighted by Crippen LogP contribution is -2.11. The van der Waals surface area contributed by atoms with Gasteiger partial charge in [0, 0.05) is 13.1 Å². The lowest BCUT2D eigenvalue weighted by molar-refractivity contribution is -0.225. The number of hydrogen-bond acceptors (Lipinski definition) is 4. The van der Waals surface area contributed by atoms with Crippen LogP contribution < -0.4 is 11.2 Å². The van der Waals surface area contributed by atoms with Gasteiger partial charge in [0.1, 0.15) is 0 Å². The molecule has 0 saturated carbocycles. The van der Waals surface area contributed by atoms with Crippen LogP contribution in [-0.2, 0) is 21.3 Å². The zero-order valence-electron chi connectivity index (χ0n) is 7.00. The Bertz CT molecular complexity index is 240. The molecule has 0 fully saturated rings.